The van der Waals surface area contributed by atoms with Crippen molar-refractivity contribution in [2.75, 3.05) is 5.75 Å². The average Bonchev–Trinajstić information content (AvgIpc) is 2.82. The van der Waals surface area contributed by atoms with E-state index in [0.29, 0.717) is 5.06 Å². The summed E-state index contributed by atoms with van der Waals surface area (Å²) in [5, 5.41) is 1.32. The zero-order chi connectivity index (χ0) is 15.7. The van der Waals surface area contributed by atoms with E-state index in [1.54, 1.807) is 12.3 Å². The number of hydrogen-bond acceptors (Lipinski definition) is 7. The van der Waals surface area contributed by atoms with Gasteiger partial charge in [-0.05, 0) is 22.9 Å². The molecule has 1 aliphatic rings. The molecule has 0 aliphatic carbocycles. The highest BCUT2D eigenvalue weighted by Crippen LogP contribution is 2.29. The molecule has 0 saturated carbocycles. The molecule has 1 saturated heterocycles. The lowest BCUT2D eigenvalue weighted by Crippen LogP contribution is -2.32. The van der Waals surface area contributed by atoms with Gasteiger partial charge in [-0.25, -0.2) is 9.78 Å². The summed E-state index contributed by atoms with van der Waals surface area (Å²) in [6.45, 7) is 6.00. The highest BCUT2D eigenvalue weighted by atomic mass is 33.1. The molecule has 1 aromatic rings. The van der Waals surface area contributed by atoms with E-state index in [9.17, 15) is 14.4 Å². The van der Waals surface area contributed by atoms with Crippen LogP contribution in [0.3, 0.4) is 0 Å². The van der Waals surface area contributed by atoms with E-state index >= 15 is 0 Å². The number of pyridine rings is 1. The number of hydrogen-bond donors (Lipinski definition) is 0. The SMILES string of the molecule is C=C.O=C(CSSc1ccccn1)ON1C(=O)CCC1=O. The Morgan fingerprint density at radius 1 is 1.29 bits per heavy atom. The van der Waals surface area contributed by atoms with E-state index in [0.717, 1.165) is 5.03 Å². The number of hydroxylamine groups is 2. The standard InChI is InChI=1S/C11H10N2O4S2.C2H4/c14-9-4-5-10(15)13(9)17-11(16)7-18-19-8-3-1-2-6-12-8;1-2/h1-3,6H,4-5,7H2;1-2H2. The van der Waals surface area contributed by atoms with E-state index < -0.39 is 17.8 Å². The highest BCUT2D eigenvalue weighted by molar-refractivity contribution is 8.76. The van der Waals surface area contributed by atoms with Crippen molar-refractivity contribution >= 4 is 39.4 Å². The number of imide groups is 1. The van der Waals surface area contributed by atoms with Gasteiger partial charge < -0.3 is 4.84 Å². The number of aromatic nitrogens is 1. The maximum Gasteiger partial charge on any atom is 0.343 e. The van der Waals surface area contributed by atoms with Gasteiger partial charge in [0.25, 0.3) is 11.8 Å². The van der Waals surface area contributed by atoms with E-state index in [2.05, 4.69) is 18.1 Å². The summed E-state index contributed by atoms with van der Waals surface area (Å²) < 4.78 is 0. The minimum atomic E-state index is -0.628. The molecule has 8 heteroatoms. The summed E-state index contributed by atoms with van der Waals surface area (Å²) in [6, 6.07) is 5.46. The predicted octanol–water partition coefficient (Wildman–Crippen LogP) is 2.23. The Bertz CT molecular complexity index is 494. The fourth-order valence-electron chi connectivity index (χ4n) is 1.32. The first kappa shape index (κ1) is 17.3. The fraction of sp³-hybridized carbons (Fsp3) is 0.231. The molecule has 1 aromatic heterocycles. The lowest BCUT2D eigenvalue weighted by molar-refractivity contribution is -0.195. The van der Waals surface area contributed by atoms with Crippen molar-refractivity contribution in [3.63, 3.8) is 0 Å². The van der Waals surface area contributed by atoms with Gasteiger partial charge in [0.05, 0.1) is 0 Å². The number of carbonyl (C=O) groups is 3. The number of rotatable bonds is 5. The van der Waals surface area contributed by atoms with Crippen LogP contribution < -0.4 is 0 Å². The zero-order valence-corrected chi connectivity index (χ0v) is 12.8. The van der Waals surface area contributed by atoms with Crippen LogP contribution in [0.2, 0.25) is 0 Å². The quantitative estimate of drug-likeness (QED) is 0.466. The topological polar surface area (TPSA) is 76.6 Å². The number of carbonyl (C=O) groups excluding carboxylic acids is 3. The molecule has 0 unspecified atom stereocenters. The summed E-state index contributed by atoms with van der Waals surface area (Å²) in [7, 11) is 2.56. The van der Waals surface area contributed by atoms with Gasteiger partial charge in [0.15, 0.2) is 0 Å². The van der Waals surface area contributed by atoms with Crippen LogP contribution in [0.15, 0.2) is 42.6 Å². The Kier molecular flexibility index (Phi) is 7.55. The molecule has 1 aliphatic heterocycles. The van der Waals surface area contributed by atoms with Crippen molar-refractivity contribution in [3.8, 4) is 0 Å². The van der Waals surface area contributed by atoms with Crippen molar-refractivity contribution < 1.29 is 19.2 Å². The van der Waals surface area contributed by atoms with Gasteiger partial charge in [0, 0.05) is 19.0 Å². The summed E-state index contributed by atoms with van der Waals surface area (Å²) in [6.07, 6.45) is 1.85. The summed E-state index contributed by atoms with van der Waals surface area (Å²) in [5.41, 5.74) is 0. The minimum Gasteiger partial charge on any atom is -0.329 e. The second-order valence-corrected chi connectivity index (χ2v) is 5.88. The Hall–Kier alpha value is -1.80. The van der Waals surface area contributed by atoms with Gasteiger partial charge >= 0.3 is 5.97 Å². The molecule has 0 aromatic carbocycles. The lowest BCUT2D eigenvalue weighted by Gasteiger charge is -2.11. The highest BCUT2D eigenvalue weighted by Gasteiger charge is 2.32. The maximum atomic E-state index is 11.5. The molecule has 21 heavy (non-hydrogen) atoms. The first-order valence-electron chi connectivity index (χ1n) is 5.94. The summed E-state index contributed by atoms with van der Waals surface area (Å²) >= 11 is 0. The second kappa shape index (κ2) is 9.19. The van der Waals surface area contributed by atoms with E-state index in [-0.39, 0.29) is 18.6 Å². The monoisotopic (exact) mass is 326 g/mol. The Labute approximate surface area is 130 Å². The smallest absolute Gasteiger partial charge is 0.329 e. The average molecular weight is 326 g/mol. The van der Waals surface area contributed by atoms with Crippen molar-refractivity contribution in [1.29, 1.82) is 0 Å². The first-order chi connectivity index (χ1) is 10.2. The largest absolute Gasteiger partial charge is 0.343 e. The van der Waals surface area contributed by atoms with Crippen LogP contribution in [0.4, 0.5) is 0 Å². The lowest BCUT2D eigenvalue weighted by atomic mass is 10.4. The molecular formula is C13H14N2O4S2. The molecule has 6 nitrogen and oxygen atoms in total. The summed E-state index contributed by atoms with van der Waals surface area (Å²) in [5.74, 6) is -1.54. The second-order valence-electron chi connectivity index (χ2n) is 3.56. The number of amides is 2. The molecule has 0 N–H and O–H groups in total. The number of nitrogens with zero attached hydrogens (tertiary/aromatic N) is 2. The maximum absolute atomic E-state index is 11.5. The molecule has 2 heterocycles. The summed E-state index contributed by atoms with van der Waals surface area (Å²) in [4.78, 5) is 42.7. The Balaban J connectivity index is 0.00000106. The normalized spacial score (nSPS) is 13.6. The molecule has 0 bridgehead atoms. The van der Waals surface area contributed by atoms with Gasteiger partial charge in [-0.15, -0.1) is 18.2 Å². The van der Waals surface area contributed by atoms with Crippen LogP contribution in [-0.2, 0) is 19.2 Å². The zero-order valence-electron chi connectivity index (χ0n) is 11.2. The van der Waals surface area contributed by atoms with Crippen molar-refractivity contribution in [2.24, 2.45) is 0 Å². The van der Waals surface area contributed by atoms with Crippen LogP contribution in [0.25, 0.3) is 0 Å². The third-order valence-corrected chi connectivity index (χ3v) is 4.26. The third kappa shape index (κ3) is 5.60. The molecule has 0 atom stereocenters. The first-order valence-corrected chi connectivity index (χ1v) is 8.26. The molecule has 1 fully saturated rings. The third-order valence-electron chi connectivity index (χ3n) is 2.16. The van der Waals surface area contributed by atoms with Gasteiger partial charge in [-0.3, -0.25) is 9.59 Å². The minimum absolute atomic E-state index is 0.0261. The van der Waals surface area contributed by atoms with Gasteiger partial charge in [0.1, 0.15) is 10.8 Å². The van der Waals surface area contributed by atoms with Crippen LogP contribution in [0.1, 0.15) is 12.8 Å². The molecular weight excluding hydrogens is 312 g/mol. The molecule has 0 radical (unpaired) electrons. The van der Waals surface area contributed by atoms with Crippen molar-refractivity contribution in [2.45, 2.75) is 17.9 Å². The molecule has 0 spiro atoms. The fourth-order valence-corrected chi connectivity index (χ4v) is 3.01. The Morgan fingerprint density at radius 2 is 1.95 bits per heavy atom. The van der Waals surface area contributed by atoms with Crippen LogP contribution in [0.5, 0.6) is 0 Å². The van der Waals surface area contributed by atoms with Gasteiger partial charge in [0.2, 0.25) is 0 Å². The predicted molar refractivity (Wildman–Crippen MR) is 81.0 cm³/mol. The van der Waals surface area contributed by atoms with Crippen LogP contribution in [0, 0.1) is 0 Å². The van der Waals surface area contributed by atoms with E-state index in [1.807, 2.05) is 12.1 Å². The van der Waals surface area contributed by atoms with E-state index in [1.165, 1.54) is 21.6 Å². The van der Waals surface area contributed by atoms with Crippen LogP contribution in [-0.4, -0.2) is 33.6 Å². The van der Waals surface area contributed by atoms with Gasteiger partial charge in [-0.1, -0.05) is 16.9 Å². The van der Waals surface area contributed by atoms with Gasteiger partial charge in [-0.2, -0.15) is 0 Å². The molecule has 112 valence electrons. The van der Waals surface area contributed by atoms with E-state index in [4.69, 9.17) is 4.84 Å². The Morgan fingerprint density at radius 3 is 2.52 bits per heavy atom. The van der Waals surface area contributed by atoms with Crippen molar-refractivity contribution in [1.82, 2.24) is 10.0 Å². The van der Waals surface area contributed by atoms with Crippen molar-refractivity contribution in [3.05, 3.63) is 37.6 Å². The molecule has 2 amide bonds. The van der Waals surface area contributed by atoms with Crippen LogP contribution >= 0.6 is 21.6 Å². The molecule has 2 rings (SSSR count).